The maximum Gasteiger partial charge on any atom is 0.127 e. The molecular weight excluding hydrogens is 320 g/mol. The average Bonchev–Trinajstić information content (AvgIpc) is 2.69. The molecular formula is C24H22O2. The van der Waals surface area contributed by atoms with Gasteiger partial charge in [0, 0.05) is 11.1 Å². The van der Waals surface area contributed by atoms with Crippen LogP contribution in [0.3, 0.4) is 0 Å². The van der Waals surface area contributed by atoms with Gasteiger partial charge in [0.15, 0.2) is 0 Å². The van der Waals surface area contributed by atoms with Gasteiger partial charge in [0.1, 0.15) is 11.5 Å². The predicted molar refractivity (Wildman–Crippen MR) is 109 cm³/mol. The van der Waals surface area contributed by atoms with Crippen molar-refractivity contribution >= 4 is 21.5 Å². The van der Waals surface area contributed by atoms with Crippen LogP contribution in [0, 0.1) is 0 Å². The Hall–Kier alpha value is -3.00. The van der Waals surface area contributed by atoms with Crippen LogP contribution in [-0.4, -0.2) is 13.2 Å². The Morgan fingerprint density at radius 3 is 1.38 bits per heavy atom. The second-order valence-electron chi connectivity index (χ2n) is 6.19. The second kappa shape index (κ2) is 7.09. The first-order valence-corrected chi connectivity index (χ1v) is 9.13. The third-order valence-electron chi connectivity index (χ3n) is 4.63. The van der Waals surface area contributed by atoms with Crippen molar-refractivity contribution in [1.82, 2.24) is 0 Å². The molecule has 0 spiro atoms. The molecule has 2 heteroatoms. The van der Waals surface area contributed by atoms with Crippen molar-refractivity contribution in [2.75, 3.05) is 13.2 Å². The van der Waals surface area contributed by atoms with Crippen molar-refractivity contribution in [2.24, 2.45) is 0 Å². The lowest BCUT2D eigenvalue weighted by Gasteiger charge is -2.19. The molecule has 0 heterocycles. The number of benzene rings is 4. The Morgan fingerprint density at radius 2 is 0.962 bits per heavy atom. The fourth-order valence-corrected chi connectivity index (χ4v) is 3.57. The Labute approximate surface area is 154 Å². The van der Waals surface area contributed by atoms with Crippen LogP contribution in [0.2, 0.25) is 0 Å². The van der Waals surface area contributed by atoms with Crippen molar-refractivity contribution in [2.45, 2.75) is 13.8 Å². The molecule has 4 aromatic carbocycles. The summed E-state index contributed by atoms with van der Waals surface area (Å²) in [6.45, 7) is 5.29. The van der Waals surface area contributed by atoms with Gasteiger partial charge >= 0.3 is 0 Å². The number of hydrogen-bond acceptors (Lipinski definition) is 2. The van der Waals surface area contributed by atoms with E-state index < -0.39 is 0 Å². The van der Waals surface area contributed by atoms with Gasteiger partial charge in [-0.2, -0.15) is 0 Å². The third kappa shape index (κ3) is 2.78. The normalized spacial score (nSPS) is 11.0. The van der Waals surface area contributed by atoms with Gasteiger partial charge in [-0.15, -0.1) is 0 Å². The third-order valence-corrected chi connectivity index (χ3v) is 4.63. The summed E-state index contributed by atoms with van der Waals surface area (Å²) in [7, 11) is 0. The summed E-state index contributed by atoms with van der Waals surface area (Å²) in [5, 5.41) is 4.74. The summed E-state index contributed by atoms with van der Waals surface area (Å²) < 4.78 is 12.1. The molecule has 0 N–H and O–H groups in total. The number of hydrogen-bond donors (Lipinski definition) is 0. The van der Waals surface area contributed by atoms with Gasteiger partial charge in [-0.3, -0.25) is 0 Å². The zero-order valence-electron chi connectivity index (χ0n) is 15.2. The van der Waals surface area contributed by atoms with E-state index in [-0.39, 0.29) is 0 Å². The molecule has 130 valence electrons. The Balaban J connectivity index is 2.15. The first kappa shape index (κ1) is 16.5. The fraction of sp³-hybridized carbons (Fsp3) is 0.167. The molecule has 0 unspecified atom stereocenters. The highest BCUT2D eigenvalue weighted by molar-refractivity contribution is 6.09. The smallest absolute Gasteiger partial charge is 0.127 e. The molecule has 0 atom stereocenters. The van der Waals surface area contributed by atoms with E-state index in [0.717, 1.165) is 22.6 Å². The molecule has 0 saturated heterocycles. The molecule has 0 fully saturated rings. The Kier molecular flexibility index (Phi) is 4.49. The van der Waals surface area contributed by atoms with E-state index in [1.807, 2.05) is 13.8 Å². The predicted octanol–water partition coefficient (Wildman–Crippen LogP) is 6.46. The van der Waals surface area contributed by atoms with Crippen molar-refractivity contribution in [1.29, 1.82) is 0 Å². The number of fused-ring (bicyclic) bond motifs is 2. The summed E-state index contributed by atoms with van der Waals surface area (Å²) in [6, 6.07) is 25.3. The first-order valence-electron chi connectivity index (χ1n) is 9.13. The quantitative estimate of drug-likeness (QED) is 0.414. The molecule has 0 aliphatic carbocycles. The van der Waals surface area contributed by atoms with E-state index in [9.17, 15) is 0 Å². The van der Waals surface area contributed by atoms with Crippen molar-refractivity contribution in [3.8, 4) is 22.6 Å². The van der Waals surface area contributed by atoms with Gasteiger partial charge in [0.25, 0.3) is 0 Å². The number of ether oxygens (including phenoxy) is 2. The maximum atomic E-state index is 6.03. The minimum absolute atomic E-state index is 0.625. The molecule has 0 aliphatic heterocycles. The van der Waals surface area contributed by atoms with Crippen LogP contribution in [0.5, 0.6) is 11.5 Å². The molecule has 0 aromatic heterocycles. The van der Waals surface area contributed by atoms with Crippen molar-refractivity contribution in [3.05, 3.63) is 72.8 Å². The van der Waals surface area contributed by atoms with Gasteiger partial charge in [0.2, 0.25) is 0 Å². The monoisotopic (exact) mass is 342 g/mol. The van der Waals surface area contributed by atoms with Crippen LogP contribution >= 0.6 is 0 Å². The molecule has 0 bridgehead atoms. The van der Waals surface area contributed by atoms with Gasteiger partial charge in [-0.05, 0) is 47.5 Å². The van der Waals surface area contributed by atoms with Crippen LogP contribution in [0.15, 0.2) is 72.8 Å². The van der Waals surface area contributed by atoms with E-state index in [0.29, 0.717) is 13.2 Å². The molecule has 4 rings (SSSR count). The SMILES string of the molecule is CCOc1ccc2ccccc2c1-c1c(OCC)ccc2ccccc12. The van der Waals surface area contributed by atoms with Crippen LogP contribution < -0.4 is 9.47 Å². The highest BCUT2D eigenvalue weighted by Gasteiger charge is 2.18. The van der Waals surface area contributed by atoms with Gasteiger partial charge < -0.3 is 9.47 Å². The lowest BCUT2D eigenvalue weighted by atomic mass is 9.92. The van der Waals surface area contributed by atoms with Gasteiger partial charge in [0.05, 0.1) is 13.2 Å². The molecule has 2 nitrogen and oxygen atoms in total. The summed E-state index contributed by atoms with van der Waals surface area (Å²) in [4.78, 5) is 0. The lowest BCUT2D eigenvalue weighted by molar-refractivity contribution is 0.337. The highest BCUT2D eigenvalue weighted by atomic mass is 16.5. The zero-order chi connectivity index (χ0) is 17.9. The average molecular weight is 342 g/mol. The topological polar surface area (TPSA) is 18.5 Å². The molecule has 26 heavy (non-hydrogen) atoms. The van der Waals surface area contributed by atoms with Crippen molar-refractivity contribution in [3.63, 3.8) is 0 Å². The zero-order valence-corrected chi connectivity index (χ0v) is 15.2. The highest BCUT2D eigenvalue weighted by Crippen LogP contribution is 2.45. The van der Waals surface area contributed by atoms with Crippen LogP contribution in [0.1, 0.15) is 13.8 Å². The van der Waals surface area contributed by atoms with E-state index in [1.165, 1.54) is 21.5 Å². The molecule has 0 aliphatic rings. The minimum atomic E-state index is 0.625. The van der Waals surface area contributed by atoms with Gasteiger partial charge in [-0.1, -0.05) is 60.7 Å². The first-order chi connectivity index (χ1) is 12.8. The molecule has 0 amide bonds. The van der Waals surface area contributed by atoms with Crippen molar-refractivity contribution < 1.29 is 9.47 Å². The Morgan fingerprint density at radius 1 is 0.538 bits per heavy atom. The number of rotatable bonds is 5. The van der Waals surface area contributed by atoms with Crippen LogP contribution in [0.4, 0.5) is 0 Å². The lowest BCUT2D eigenvalue weighted by Crippen LogP contribution is -1.99. The summed E-state index contributed by atoms with van der Waals surface area (Å²) in [5.41, 5.74) is 2.20. The standard InChI is InChI=1S/C24H22O2/c1-3-25-21-15-13-17-9-5-7-11-19(17)23(21)24-20-12-8-6-10-18(20)14-16-22(24)26-4-2/h5-16H,3-4H2,1-2H3. The van der Waals surface area contributed by atoms with Crippen LogP contribution in [0.25, 0.3) is 32.7 Å². The summed E-state index contributed by atoms with van der Waals surface area (Å²) >= 11 is 0. The largest absolute Gasteiger partial charge is 0.493 e. The molecule has 0 radical (unpaired) electrons. The summed E-state index contributed by atoms with van der Waals surface area (Å²) in [5.74, 6) is 1.78. The fourth-order valence-electron chi connectivity index (χ4n) is 3.57. The molecule has 4 aromatic rings. The van der Waals surface area contributed by atoms with Crippen LogP contribution in [-0.2, 0) is 0 Å². The second-order valence-corrected chi connectivity index (χ2v) is 6.19. The van der Waals surface area contributed by atoms with Gasteiger partial charge in [-0.25, -0.2) is 0 Å². The van der Waals surface area contributed by atoms with E-state index in [4.69, 9.17) is 9.47 Å². The maximum absolute atomic E-state index is 6.03. The van der Waals surface area contributed by atoms with E-state index in [2.05, 4.69) is 72.8 Å². The Bertz CT molecular complexity index is 979. The molecule has 0 saturated carbocycles. The minimum Gasteiger partial charge on any atom is -0.493 e. The van der Waals surface area contributed by atoms with E-state index >= 15 is 0 Å². The van der Waals surface area contributed by atoms with E-state index in [1.54, 1.807) is 0 Å². The summed E-state index contributed by atoms with van der Waals surface area (Å²) in [6.07, 6.45) is 0.